The van der Waals surface area contributed by atoms with Crippen LogP contribution in [0, 0.1) is 0 Å². The van der Waals surface area contributed by atoms with E-state index >= 15 is 0 Å². The molecule has 0 saturated heterocycles. The molecule has 0 bridgehead atoms. The summed E-state index contributed by atoms with van der Waals surface area (Å²) in [5, 5.41) is 2.86. The van der Waals surface area contributed by atoms with E-state index in [0.29, 0.717) is 24.5 Å². The molecule has 0 unspecified atom stereocenters. The van der Waals surface area contributed by atoms with E-state index in [-0.39, 0.29) is 17.3 Å². The summed E-state index contributed by atoms with van der Waals surface area (Å²) in [4.78, 5) is 24.2. The van der Waals surface area contributed by atoms with Crippen LogP contribution in [0.5, 0.6) is 11.5 Å². The largest absolute Gasteiger partial charge is 0.493 e. The number of benzene rings is 2. The number of amides is 1. The summed E-state index contributed by atoms with van der Waals surface area (Å²) in [5.41, 5.74) is 1.82. The van der Waals surface area contributed by atoms with E-state index in [1.54, 1.807) is 14.2 Å². The van der Waals surface area contributed by atoms with Gasteiger partial charge in [0.1, 0.15) is 6.54 Å². The molecule has 0 saturated carbocycles. The lowest BCUT2D eigenvalue weighted by Gasteiger charge is -2.10. The first-order valence-electron chi connectivity index (χ1n) is 8.18. The van der Waals surface area contributed by atoms with E-state index in [0.717, 1.165) is 27.1 Å². The molecule has 7 heteroatoms. The second-order valence-corrected chi connectivity index (χ2v) is 6.70. The summed E-state index contributed by atoms with van der Waals surface area (Å²) in [5.74, 6) is 1.15. The Balaban J connectivity index is 1.59. The summed E-state index contributed by atoms with van der Waals surface area (Å²) >= 11 is 1.15. The second kappa shape index (κ2) is 8.05. The molecule has 0 aliphatic carbocycles. The SMILES string of the molecule is COc1ccc(CCNC(=O)Cn2c(=O)sc3ccccc32)cc1OC. The number of fused-ring (bicyclic) bond motifs is 1. The Morgan fingerprint density at radius 1 is 1.12 bits per heavy atom. The van der Waals surface area contributed by atoms with Gasteiger partial charge in [0.2, 0.25) is 5.91 Å². The van der Waals surface area contributed by atoms with Gasteiger partial charge >= 0.3 is 4.87 Å². The standard InChI is InChI=1S/C19H20N2O4S/c1-24-15-8-7-13(11-16(15)25-2)9-10-20-18(22)12-21-14-5-3-4-6-17(14)26-19(21)23/h3-8,11H,9-10,12H2,1-2H3,(H,20,22). The minimum Gasteiger partial charge on any atom is -0.493 e. The van der Waals surface area contributed by atoms with Crippen molar-refractivity contribution >= 4 is 27.5 Å². The molecular weight excluding hydrogens is 352 g/mol. The van der Waals surface area contributed by atoms with Gasteiger partial charge in [-0.25, -0.2) is 0 Å². The number of nitrogens with zero attached hydrogens (tertiary/aromatic N) is 1. The van der Waals surface area contributed by atoms with Crippen LogP contribution in [0.2, 0.25) is 0 Å². The van der Waals surface area contributed by atoms with Crippen LogP contribution in [0.25, 0.3) is 10.2 Å². The Kier molecular flexibility index (Phi) is 5.58. The maximum absolute atomic E-state index is 12.2. The molecule has 0 atom stereocenters. The number of nitrogens with one attached hydrogen (secondary N) is 1. The predicted octanol–water partition coefficient (Wildman–Crippen LogP) is 2.44. The first-order valence-corrected chi connectivity index (χ1v) is 9.00. The Hall–Kier alpha value is -2.80. The highest BCUT2D eigenvalue weighted by Gasteiger charge is 2.11. The molecule has 1 amide bonds. The fourth-order valence-corrected chi connectivity index (χ4v) is 3.64. The highest BCUT2D eigenvalue weighted by atomic mass is 32.1. The van der Waals surface area contributed by atoms with Crippen molar-refractivity contribution in [3.05, 3.63) is 57.7 Å². The maximum Gasteiger partial charge on any atom is 0.308 e. The minimum atomic E-state index is -0.184. The van der Waals surface area contributed by atoms with Gasteiger partial charge in [-0.15, -0.1) is 0 Å². The van der Waals surface area contributed by atoms with Gasteiger partial charge in [0, 0.05) is 6.54 Å². The zero-order chi connectivity index (χ0) is 18.5. The lowest BCUT2D eigenvalue weighted by atomic mass is 10.1. The van der Waals surface area contributed by atoms with E-state index in [1.165, 1.54) is 4.57 Å². The molecule has 3 rings (SSSR count). The quantitative estimate of drug-likeness (QED) is 0.692. The van der Waals surface area contributed by atoms with Gasteiger partial charge in [0.05, 0.1) is 24.4 Å². The van der Waals surface area contributed by atoms with Crippen molar-refractivity contribution in [2.24, 2.45) is 0 Å². The number of aromatic nitrogens is 1. The predicted molar refractivity (Wildman–Crippen MR) is 102 cm³/mol. The van der Waals surface area contributed by atoms with Gasteiger partial charge in [0.15, 0.2) is 11.5 Å². The third kappa shape index (κ3) is 3.88. The van der Waals surface area contributed by atoms with Crippen LogP contribution >= 0.6 is 11.3 Å². The van der Waals surface area contributed by atoms with Crippen LogP contribution < -0.4 is 19.7 Å². The number of ether oxygens (including phenoxy) is 2. The normalized spacial score (nSPS) is 10.7. The first kappa shape index (κ1) is 18.0. The number of hydrogen-bond acceptors (Lipinski definition) is 5. The molecule has 0 aliphatic heterocycles. The topological polar surface area (TPSA) is 69.6 Å². The van der Waals surface area contributed by atoms with Crippen molar-refractivity contribution in [1.29, 1.82) is 0 Å². The Bertz CT molecular complexity index is 977. The number of carbonyl (C=O) groups excluding carboxylic acids is 1. The molecule has 2 aromatic carbocycles. The highest BCUT2D eigenvalue weighted by Crippen LogP contribution is 2.27. The van der Waals surface area contributed by atoms with E-state index in [2.05, 4.69) is 5.32 Å². The molecule has 1 heterocycles. The summed E-state index contributed by atoms with van der Waals surface area (Å²) < 4.78 is 12.9. The average Bonchev–Trinajstić information content (AvgIpc) is 2.97. The van der Waals surface area contributed by atoms with E-state index < -0.39 is 0 Å². The van der Waals surface area contributed by atoms with Crippen molar-refractivity contribution < 1.29 is 14.3 Å². The number of para-hydroxylation sites is 1. The van der Waals surface area contributed by atoms with Crippen molar-refractivity contribution in [3.63, 3.8) is 0 Å². The van der Waals surface area contributed by atoms with Crippen molar-refractivity contribution in [3.8, 4) is 11.5 Å². The number of thiazole rings is 1. The van der Waals surface area contributed by atoms with Gasteiger partial charge in [0.25, 0.3) is 0 Å². The van der Waals surface area contributed by atoms with Crippen molar-refractivity contribution in [2.75, 3.05) is 20.8 Å². The summed E-state index contributed by atoms with van der Waals surface area (Å²) in [6.07, 6.45) is 0.658. The van der Waals surface area contributed by atoms with Crippen LogP contribution in [0.4, 0.5) is 0 Å². The zero-order valence-electron chi connectivity index (χ0n) is 14.7. The fraction of sp³-hybridized carbons (Fsp3) is 0.263. The lowest BCUT2D eigenvalue weighted by molar-refractivity contribution is -0.121. The Morgan fingerprint density at radius 3 is 2.65 bits per heavy atom. The van der Waals surface area contributed by atoms with Crippen LogP contribution in [0.15, 0.2) is 47.3 Å². The molecule has 1 N–H and O–H groups in total. The number of rotatable bonds is 7. The molecule has 136 valence electrons. The van der Waals surface area contributed by atoms with Crippen molar-refractivity contribution in [1.82, 2.24) is 9.88 Å². The summed E-state index contributed by atoms with van der Waals surface area (Å²) in [7, 11) is 3.18. The average molecular weight is 372 g/mol. The summed E-state index contributed by atoms with van der Waals surface area (Å²) in [6.45, 7) is 0.500. The Morgan fingerprint density at radius 2 is 1.88 bits per heavy atom. The molecule has 1 aromatic heterocycles. The van der Waals surface area contributed by atoms with E-state index in [9.17, 15) is 9.59 Å². The third-order valence-corrected chi connectivity index (χ3v) is 5.02. The van der Waals surface area contributed by atoms with Crippen LogP contribution in [-0.2, 0) is 17.8 Å². The lowest BCUT2D eigenvalue weighted by Crippen LogP contribution is -2.31. The number of carbonyl (C=O) groups is 1. The molecule has 0 fully saturated rings. The monoisotopic (exact) mass is 372 g/mol. The number of hydrogen-bond donors (Lipinski definition) is 1. The minimum absolute atomic E-state index is 0.0226. The fourth-order valence-electron chi connectivity index (χ4n) is 2.75. The number of methoxy groups -OCH3 is 2. The molecule has 6 nitrogen and oxygen atoms in total. The van der Waals surface area contributed by atoms with Gasteiger partial charge < -0.3 is 14.8 Å². The van der Waals surface area contributed by atoms with Crippen LogP contribution in [0.1, 0.15) is 5.56 Å². The molecule has 0 aliphatic rings. The van der Waals surface area contributed by atoms with Crippen molar-refractivity contribution in [2.45, 2.75) is 13.0 Å². The van der Waals surface area contributed by atoms with Gasteiger partial charge in [-0.05, 0) is 36.2 Å². The molecular formula is C19H20N2O4S. The van der Waals surface area contributed by atoms with Gasteiger partial charge in [-0.3, -0.25) is 14.2 Å². The smallest absolute Gasteiger partial charge is 0.308 e. The zero-order valence-corrected chi connectivity index (χ0v) is 15.5. The van der Waals surface area contributed by atoms with Crippen LogP contribution in [-0.4, -0.2) is 31.2 Å². The second-order valence-electron chi connectivity index (χ2n) is 5.71. The maximum atomic E-state index is 12.2. The Labute approximate surface area is 155 Å². The first-order chi connectivity index (χ1) is 12.6. The molecule has 0 spiro atoms. The highest BCUT2D eigenvalue weighted by molar-refractivity contribution is 7.16. The van der Waals surface area contributed by atoms with Crippen LogP contribution in [0.3, 0.4) is 0 Å². The van der Waals surface area contributed by atoms with Gasteiger partial charge in [-0.2, -0.15) is 0 Å². The molecule has 26 heavy (non-hydrogen) atoms. The van der Waals surface area contributed by atoms with E-state index in [1.807, 2.05) is 42.5 Å². The van der Waals surface area contributed by atoms with E-state index in [4.69, 9.17) is 9.47 Å². The third-order valence-electron chi connectivity index (χ3n) is 4.06. The molecule has 0 radical (unpaired) electrons. The van der Waals surface area contributed by atoms with Gasteiger partial charge in [-0.1, -0.05) is 29.5 Å². The molecule has 3 aromatic rings. The summed E-state index contributed by atoms with van der Waals surface area (Å²) in [6, 6.07) is 13.1.